The molecule has 0 aromatic heterocycles. The van der Waals surface area contributed by atoms with Gasteiger partial charge in [-0.05, 0) is 42.7 Å². The summed E-state index contributed by atoms with van der Waals surface area (Å²) < 4.78 is 0. The highest BCUT2D eigenvalue weighted by atomic mass is 35.5. The summed E-state index contributed by atoms with van der Waals surface area (Å²) in [5, 5.41) is 7.54. The molecule has 2 aromatic carbocycles. The minimum absolute atomic E-state index is 0.209. The Morgan fingerprint density at radius 2 is 1.61 bits per heavy atom. The first-order valence-corrected chi connectivity index (χ1v) is 8.65. The van der Waals surface area contributed by atoms with Gasteiger partial charge in [-0.3, -0.25) is 0 Å². The number of anilines is 1. The van der Waals surface area contributed by atoms with Gasteiger partial charge in [0.15, 0.2) is 0 Å². The molecule has 2 aromatic rings. The van der Waals surface area contributed by atoms with Crippen molar-refractivity contribution in [3.05, 3.63) is 65.2 Å². The Morgan fingerprint density at radius 1 is 1.00 bits per heavy atom. The van der Waals surface area contributed by atoms with E-state index in [1.807, 2.05) is 59.6 Å². The van der Waals surface area contributed by atoms with Crippen molar-refractivity contribution in [3.8, 4) is 0 Å². The Bertz CT molecular complexity index is 734. The molecule has 1 aliphatic rings. The van der Waals surface area contributed by atoms with Crippen molar-refractivity contribution < 1.29 is 0 Å². The SMILES string of the molecule is CCC1(CC)C(=S)N(c2ccccc2)N=C1c1ccc(Cl)cc1. The maximum absolute atomic E-state index is 6.03. The van der Waals surface area contributed by atoms with E-state index < -0.39 is 0 Å². The number of para-hydroxylation sites is 1. The lowest BCUT2D eigenvalue weighted by atomic mass is 9.75. The van der Waals surface area contributed by atoms with Gasteiger partial charge in [-0.1, -0.05) is 68.0 Å². The van der Waals surface area contributed by atoms with Crippen LogP contribution in [0.3, 0.4) is 0 Å². The molecular formula is C19H19ClN2S. The zero-order valence-corrected chi connectivity index (χ0v) is 14.9. The minimum Gasteiger partial charge on any atom is -0.226 e. The lowest BCUT2D eigenvalue weighted by Crippen LogP contribution is -2.38. The van der Waals surface area contributed by atoms with Crippen molar-refractivity contribution in [1.82, 2.24) is 0 Å². The molecule has 0 radical (unpaired) electrons. The second kappa shape index (κ2) is 6.42. The van der Waals surface area contributed by atoms with Crippen molar-refractivity contribution in [3.63, 3.8) is 0 Å². The molecule has 0 atom stereocenters. The number of nitrogens with zero attached hydrogens (tertiary/aromatic N) is 2. The molecule has 0 aliphatic carbocycles. The first-order chi connectivity index (χ1) is 11.1. The second-order valence-electron chi connectivity index (χ2n) is 5.70. The minimum atomic E-state index is -0.209. The fourth-order valence-corrected chi connectivity index (χ4v) is 3.78. The van der Waals surface area contributed by atoms with Gasteiger partial charge in [-0.15, -0.1) is 0 Å². The Kier molecular flexibility index (Phi) is 4.51. The third-order valence-electron chi connectivity index (χ3n) is 4.58. The molecular weight excluding hydrogens is 324 g/mol. The number of halogens is 1. The van der Waals surface area contributed by atoms with Gasteiger partial charge in [0.05, 0.1) is 16.8 Å². The average molecular weight is 343 g/mol. The van der Waals surface area contributed by atoms with E-state index in [1.54, 1.807) is 0 Å². The van der Waals surface area contributed by atoms with E-state index in [4.69, 9.17) is 28.9 Å². The van der Waals surface area contributed by atoms with E-state index in [-0.39, 0.29) is 5.41 Å². The largest absolute Gasteiger partial charge is 0.226 e. The molecule has 0 unspecified atom stereocenters. The first-order valence-electron chi connectivity index (χ1n) is 7.87. The van der Waals surface area contributed by atoms with Gasteiger partial charge in [-0.2, -0.15) is 5.10 Å². The topological polar surface area (TPSA) is 15.6 Å². The van der Waals surface area contributed by atoms with Crippen LogP contribution >= 0.6 is 23.8 Å². The van der Waals surface area contributed by atoms with Gasteiger partial charge in [0.25, 0.3) is 0 Å². The Labute approximate surface area is 147 Å². The van der Waals surface area contributed by atoms with Crippen LogP contribution in [0.25, 0.3) is 0 Å². The summed E-state index contributed by atoms with van der Waals surface area (Å²) >= 11 is 11.9. The lowest BCUT2D eigenvalue weighted by Gasteiger charge is -2.29. The molecule has 0 spiro atoms. The van der Waals surface area contributed by atoms with E-state index in [1.165, 1.54) is 0 Å². The fraction of sp³-hybridized carbons (Fsp3) is 0.263. The molecule has 0 bridgehead atoms. The fourth-order valence-electron chi connectivity index (χ4n) is 3.12. The molecule has 118 valence electrons. The molecule has 0 N–H and O–H groups in total. The summed E-state index contributed by atoms with van der Waals surface area (Å²) in [5.41, 5.74) is 2.92. The number of thiocarbonyl (C=S) groups is 1. The quantitative estimate of drug-likeness (QED) is 0.662. The maximum Gasteiger partial charge on any atom is 0.117 e. The third-order valence-corrected chi connectivity index (χ3v) is 5.40. The van der Waals surface area contributed by atoms with Crippen LogP contribution in [0.15, 0.2) is 59.7 Å². The van der Waals surface area contributed by atoms with E-state index in [9.17, 15) is 0 Å². The number of rotatable bonds is 4. The van der Waals surface area contributed by atoms with Crippen LogP contribution in [0.4, 0.5) is 5.69 Å². The summed E-state index contributed by atoms with van der Waals surface area (Å²) in [6.45, 7) is 4.35. The summed E-state index contributed by atoms with van der Waals surface area (Å²) in [6, 6.07) is 18.0. The van der Waals surface area contributed by atoms with E-state index in [0.717, 1.165) is 39.8 Å². The summed E-state index contributed by atoms with van der Waals surface area (Å²) in [4.78, 5) is 0.874. The maximum atomic E-state index is 6.03. The number of hydrogen-bond acceptors (Lipinski definition) is 2. The molecule has 0 amide bonds. The average Bonchev–Trinajstić information content (AvgIpc) is 2.89. The zero-order valence-electron chi connectivity index (χ0n) is 13.3. The number of benzene rings is 2. The Balaban J connectivity index is 2.12. The van der Waals surface area contributed by atoms with Gasteiger partial charge in [-0.25, -0.2) is 5.01 Å². The smallest absolute Gasteiger partial charge is 0.117 e. The van der Waals surface area contributed by atoms with E-state index in [2.05, 4.69) is 13.8 Å². The monoisotopic (exact) mass is 342 g/mol. The normalized spacial score (nSPS) is 16.6. The van der Waals surface area contributed by atoms with E-state index >= 15 is 0 Å². The van der Waals surface area contributed by atoms with Crippen LogP contribution in [-0.2, 0) is 0 Å². The molecule has 1 heterocycles. The van der Waals surface area contributed by atoms with Crippen molar-refractivity contribution in [2.75, 3.05) is 5.01 Å². The second-order valence-corrected chi connectivity index (χ2v) is 6.52. The van der Waals surface area contributed by atoms with Gasteiger partial charge >= 0.3 is 0 Å². The van der Waals surface area contributed by atoms with Crippen molar-refractivity contribution in [2.24, 2.45) is 10.5 Å². The molecule has 3 rings (SSSR count). The van der Waals surface area contributed by atoms with Crippen LogP contribution in [0.1, 0.15) is 32.3 Å². The highest BCUT2D eigenvalue weighted by Gasteiger charge is 2.46. The van der Waals surface area contributed by atoms with Crippen LogP contribution < -0.4 is 5.01 Å². The first kappa shape index (κ1) is 16.2. The Hall–Kier alpha value is -1.71. The van der Waals surface area contributed by atoms with Gasteiger partial charge in [0, 0.05) is 5.02 Å². The zero-order chi connectivity index (χ0) is 16.4. The Morgan fingerprint density at radius 3 is 2.17 bits per heavy atom. The van der Waals surface area contributed by atoms with Crippen LogP contribution in [-0.4, -0.2) is 10.7 Å². The van der Waals surface area contributed by atoms with Crippen LogP contribution in [0.2, 0.25) is 5.02 Å². The number of hydrazone groups is 1. The van der Waals surface area contributed by atoms with Gasteiger partial charge in [0.1, 0.15) is 4.99 Å². The third kappa shape index (κ3) is 2.68. The number of hydrogen-bond donors (Lipinski definition) is 0. The summed E-state index contributed by atoms with van der Waals surface area (Å²) in [7, 11) is 0. The predicted octanol–water partition coefficient (Wildman–Crippen LogP) is 5.70. The van der Waals surface area contributed by atoms with Gasteiger partial charge < -0.3 is 0 Å². The van der Waals surface area contributed by atoms with Gasteiger partial charge in [0.2, 0.25) is 0 Å². The summed E-state index contributed by atoms with van der Waals surface area (Å²) in [5.74, 6) is 0. The lowest BCUT2D eigenvalue weighted by molar-refractivity contribution is 0.546. The molecule has 1 aliphatic heterocycles. The van der Waals surface area contributed by atoms with Crippen LogP contribution in [0.5, 0.6) is 0 Å². The highest BCUT2D eigenvalue weighted by Crippen LogP contribution is 2.41. The molecule has 2 nitrogen and oxygen atoms in total. The van der Waals surface area contributed by atoms with Crippen LogP contribution in [0, 0.1) is 5.41 Å². The van der Waals surface area contributed by atoms with Crippen molar-refractivity contribution in [1.29, 1.82) is 0 Å². The standard InChI is InChI=1S/C19H19ClN2S/c1-3-19(4-2)17(14-10-12-15(20)13-11-14)21-22(18(19)23)16-8-6-5-7-9-16/h5-13H,3-4H2,1-2H3. The molecule has 0 saturated heterocycles. The van der Waals surface area contributed by atoms with Crippen molar-refractivity contribution >= 4 is 40.2 Å². The highest BCUT2D eigenvalue weighted by molar-refractivity contribution is 7.80. The molecule has 4 heteroatoms. The molecule has 0 saturated carbocycles. The molecule has 23 heavy (non-hydrogen) atoms. The van der Waals surface area contributed by atoms with Crippen molar-refractivity contribution in [2.45, 2.75) is 26.7 Å². The predicted molar refractivity (Wildman–Crippen MR) is 103 cm³/mol. The van der Waals surface area contributed by atoms with E-state index in [0.29, 0.717) is 0 Å². The molecule has 0 fully saturated rings. The summed E-state index contributed by atoms with van der Waals surface area (Å²) in [6.07, 6.45) is 1.85.